The van der Waals surface area contributed by atoms with Crippen LogP contribution in [-0.4, -0.2) is 37.4 Å². The first kappa shape index (κ1) is 7.23. The largest absolute Gasteiger partial charge is 0.311 e. The predicted molar refractivity (Wildman–Crippen MR) is 37.2 cm³/mol. The maximum absolute atomic E-state index is 8.82. The van der Waals surface area contributed by atoms with Gasteiger partial charge in [-0.2, -0.15) is 5.06 Å². The van der Waals surface area contributed by atoms with Crippen LogP contribution in [0.3, 0.4) is 0 Å². The minimum atomic E-state index is 0.0752. The molecule has 1 rings (SSSR count). The Balaban J connectivity index is 2.44. The molecule has 0 aromatic heterocycles. The Hall–Kier alpha value is 0.120. The van der Waals surface area contributed by atoms with E-state index >= 15 is 0 Å². The molecular formula is C3H6N2O2S2. The average Bonchev–Trinajstić information content (AvgIpc) is 1.80. The van der Waals surface area contributed by atoms with Crippen LogP contribution in [0.1, 0.15) is 0 Å². The first-order valence-corrected chi connectivity index (χ1v) is 3.66. The van der Waals surface area contributed by atoms with Crippen LogP contribution in [0.15, 0.2) is 0 Å². The number of nitrogens with zero attached hydrogens (tertiary/aromatic N) is 2. The normalized spacial score (nSPS) is 22.9. The van der Waals surface area contributed by atoms with Crippen LogP contribution in [0, 0.1) is 0 Å². The van der Waals surface area contributed by atoms with Crippen LogP contribution < -0.4 is 0 Å². The van der Waals surface area contributed by atoms with Crippen LogP contribution in [-0.2, 0) is 0 Å². The van der Waals surface area contributed by atoms with Gasteiger partial charge in [0, 0.05) is 0 Å². The Bertz CT molecular complexity index is 131. The highest BCUT2D eigenvalue weighted by molar-refractivity contribution is 8.22. The fourth-order valence-electron chi connectivity index (χ4n) is 0.457. The van der Waals surface area contributed by atoms with Crippen LogP contribution in [0.2, 0.25) is 0 Å². The van der Waals surface area contributed by atoms with Gasteiger partial charge in [0.1, 0.15) is 6.67 Å². The first-order valence-electron chi connectivity index (χ1n) is 2.27. The number of hydroxylamine groups is 4. The minimum Gasteiger partial charge on any atom is -0.311 e. The van der Waals surface area contributed by atoms with Crippen molar-refractivity contribution in [2.45, 2.75) is 0 Å². The van der Waals surface area contributed by atoms with E-state index in [1.54, 1.807) is 0 Å². The second kappa shape index (κ2) is 2.80. The summed E-state index contributed by atoms with van der Waals surface area (Å²) in [4.78, 5) is 0. The van der Waals surface area contributed by atoms with Crippen molar-refractivity contribution >= 4 is 28.3 Å². The monoisotopic (exact) mass is 166 g/mol. The molecule has 1 aliphatic heterocycles. The van der Waals surface area contributed by atoms with Gasteiger partial charge in [-0.25, -0.2) is 5.06 Å². The lowest BCUT2D eigenvalue weighted by molar-refractivity contribution is -0.160. The summed E-state index contributed by atoms with van der Waals surface area (Å²) < 4.78 is 0.403. The second-order valence-electron chi connectivity index (χ2n) is 1.59. The van der Waals surface area contributed by atoms with Crippen molar-refractivity contribution in [2.24, 2.45) is 0 Å². The fourth-order valence-corrected chi connectivity index (χ4v) is 1.22. The van der Waals surface area contributed by atoms with Crippen LogP contribution in [0.25, 0.3) is 0 Å². The Kier molecular flexibility index (Phi) is 2.25. The van der Waals surface area contributed by atoms with Crippen molar-refractivity contribution < 1.29 is 10.4 Å². The summed E-state index contributed by atoms with van der Waals surface area (Å²) in [6, 6.07) is 0. The molecule has 4 nitrogen and oxygen atoms in total. The highest BCUT2D eigenvalue weighted by Crippen LogP contribution is 2.14. The van der Waals surface area contributed by atoms with E-state index in [0.29, 0.717) is 10.2 Å². The highest BCUT2D eigenvalue weighted by Gasteiger charge is 2.17. The van der Waals surface area contributed by atoms with E-state index in [1.165, 1.54) is 11.8 Å². The van der Waals surface area contributed by atoms with Gasteiger partial charge in [-0.3, -0.25) is 5.21 Å². The van der Waals surface area contributed by atoms with Crippen molar-refractivity contribution in [1.82, 2.24) is 10.1 Å². The van der Waals surface area contributed by atoms with Crippen molar-refractivity contribution in [3.63, 3.8) is 0 Å². The van der Waals surface area contributed by atoms with Gasteiger partial charge in [-0.05, 0) is 0 Å². The molecule has 1 saturated heterocycles. The molecule has 0 atom stereocenters. The van der Waals surface area contributed by atoms with Crippen molar-refractivity contribution in [3.8, 4) is 0 Å². The lowest BCUT2D eigenvalue weighted by Crippen LogP contribution is -2.40. The van der Waals surface area contributed by atoms with E-state index in [0.717, 1.165) is 10.1 Å². The molecule has 0 saturated carbocycles. The van der Waals surface area contributed by atoms with Gasteiger partial charge in [-0.15, -0.1) is 0 Å². The fraction of sp³-hybridized carbons (Fsp3) is 0.667. The van der Waals surface area contributed by atoms with Crippen LogP contribution in [0.5, 0.6) is 0 Å². The van der Waals surface area contributed by atoms with Gasteiger partial charge < -0.3 is 5.21 Å². The van der Waals surface area contributed by atoms with E-state index in [-0.39, 0.29) is 6.67 Å². The third-order valence-corrected chi connectivity index (χ3v) is 2.29. The van der Waals surface area contributed by atoms with Crippen LogP contribution in [0.4, 0.5) is 0 Å². The number of rotatable bonds is 0. The summed E-state index contributed by atoms with van der Waals surface area (Å²) in [5.74, 6) is 0.426. The molecule has 6 heteroatoms. The molecule has 0 unspecified atom stereocenters. The van der Waals surface area contributed by atoms with Crippen molar-refractivity contribution in [2.75, 3.05) is 12.5 Å². The molecule has 0 amide bonds. The van der Waals surface area contributed by atoms with Gasteiger partial charge in [0.25, 0.3) is 0 Å². The third-order valence-electron chi connectivity index (χ3n) is 0.845. The molecule has 1 aliphatic rings. The average molecular weight is 166 g/mol. The number of hydrogen-bond acceptors (Lipinski definition) is 5. The predicted octanol–water partition coefficient (Wildman–Crippen LogP) is 0.316. The minimum absolute atomic E-state index is 0.0752. The molecule has 0 bridgehead atoms. The summed E-state index contributed by atoms with van der Waals surface area (Å²) in [6.45, 7) is 0.0752. The number of hydrogen-bond donors (Lipinski definition) is 2. The maximum atomic E-state index is 8.82. The molecule has 52 valence electrons. The Morgan fingerprint density at radius 2 is 2.22 bits per heavy atom. The highest BCUT2D eigenvalue weighted by atomic mass is 32.2. The molecule has 0 aromatic carbocycles. The van der Waals surface area contributed by atoms with E-state index < -0.39 is 0 Å². The Morgan fingerprint density at radius 3 is 2.67 bits per heavy atom. The lowest BCUT2D eigenvalue weighted by atomic mass is 10.9. The molecule has 0 aliphatic carbocycles. The third kappa shape index (κ3) is 1.77. The zero-order valence-corrected chi connectivity index (χ0v) is 6.15. The van der Waals surface area contributed by atoms with E-state index in [2.05, 4.69) is 12.2 Å². The standard InChI is InChI=1S/C3H6N2O2S2/c6-4-1-5(7)3(8)9-2-4/h6-7H,1-2H2. The molecular weight excluding hydrogens is 160 g/mol. The first-order chi connectivity index (χ1) is 4.20. The van der Waals surface area contributed by atoms with Gasteiger partial charge in [0.2, 0.25) is 0 Å². The number of thioether (sulfide) groups is 1. The second-order valence-corrected chi connectivity index (χ2v) is 3.17. The molecule has 0 radical (unpaired) electrons. The summed E-state index contributed by atoms with van der Waals surface area (Å²) in [7, 11) is 0. The van der Waals surface area contributed by atoms with Crippen LogP contribution >= 0.6 is 24.0 Å². The van der Waals surface area contributed by atoms with E-state index in [1.807, 2.05) is 0 Å². The molecule has 2 N–H and O–H groups in total. The summed E-state index contributed by atoms with van der Waals surface area (Å²) in [5.41, 5.74) is 0. The molecule has 0 spiro atoms. The SMILES string of the molecule is ON1CSC(=S)N(O)C1. The quantitative estimate of drug-likeness (QED) is 0.505. The number of thiocarbonyl (C=S) groups is 1. The van der Waals surface area contributed by atoms with Gasteiger partial charge in [0.05, 0.1) is 5.88 Å². The van der Waals surface area contributed by atoms with Crippen molar-refractivity contribution in [3.05, 3.63) is 0 Å². The Labute approximate surface area is 62.0 Å². The zero-order chi connectivity index (χ0) is 6.85. The van der Waals surface area contributed by atoms with E-state index in [4.69, 9.17) is 10.4 Å². The van der Waals surface area contributed by atoms with Gasteiger partial charge in [-0.1, -0.05) is 24.0 Å². The Morgan fingerprint density at radius 1 is 1.56 bits per heavy atom. The molecule has 9 heavy (non-hydrogen) atoms. The summed E-state index contributed by atoms with van der Waals surface area (Å²) in [6.07, 6.45) is 0. The molecule has 1 fully saturated rings. The summed E-state index contributed by atoms with van der Waals surface area (Å²) in [5, 5.41) is 19.4. The topological polar surface area (TPSA) is 46.9 Å². The maximum Gasteiger partial charge on any atom is 0.162 e. The van der Waals surface area contributed by atoms with E-state index in [9.17, 15) is 0 Å². The van der Waals surface area contributed by atoms with Gasteiger partial charge in [0.15, 0.2) is 4.32 Å². The molecule has 0 aromatic rings. The lowest BCUT2D eigenvalue weighted by Gasteiger charge is -2.27. The summed E-state index contributed by atoms with van der Waals surface area (Å²) >= 11 is 5.90. The zero-order valence-electron chi connectivity index (χ0n) is 4.52. The smallest absolute Gasteiger partial charge is 0.162 e. The van der Waals surface area contributed by atoms with Gasteiger partial charge >= 0.3 is 0 Å². The molecule has 1 heterocycles. The van der Waals surface area contributed by atoms with Crippen molar-refractivity contribution in [1.29, 1.82) is 0 Å².